The Hall–Kier alpha value is -1.66. The van der Waals surface area contributed by atoms with Gasteiger partial charge >= 0.3 is 0 Å². The van der Waals surface area contributed by atoms with Crippen LogP contribution in [-0.4, -0.2) is 36.3 Å². The van der Waals surface area contributed by atoms with Crippen LogP contribution in [0.2, 0.25) is 0 Å². The maximum Gasteiger partial charge on any atom is 0.237 e. The average Bonchev–Trinajstić information content (AvgIpc) is 2.53. The highest BCUT2D eigenvalue weighted by molar-refractivity contribution is 5.81. The van der Waals surface area contributed by atoms with Crippen LogP contribution in [-0.2, 0) is 16.1 Å². The van der Waals surface area contributed by atoms with Crippen molar-refractivity contribution < 1.29 is 14.3 Å². The molecule has 1 aromatic heterocycles. The van der Waals surface area contributed by atoms with Crippen LogP contribution in [0.5, 0.6) is 5.88 Å². The van der Waals surface area contributed by atoms with E-state index >= 15 is 0 Å². The molecule has 1 saturated heterocycles. The predicted octanol–water partition coefficient (Wildman–Crippen LogP) is 1.24. The molecule has 1 amide bonds. The first kappa shape index (κ1) is 16.7. The topological polar surface area (TPSA) is 86.5 Å². The molecular formula is C16H25N3O3. The Balaban J connectivity index is 1.86. The van der Waals surface area contributed by atoms with Gasteiger partial charge in [-0.05, 0) is 17.5 Å². The van der Waals surface area contributed by atoms with Gasteiger partial charge in [0.05, 0.1) is 19.3 Å². The maximum absolute atomic E-state index is 11.9. The van der Waals surface area contributed by atoms with Crippen molar-refractivity contribution >= 4 is 5.91 Å². The summed E-state index contributed by atoms with van der Waals surface area (Å²) < 4.78 is 11.2. The third kappa shape index (κ3) is 4.96. The van der Waals surface area contributed by atoms with Crippen molar-refractivity contribution in [1.29, 1.82) is 0 Å². The molecule has 22 heavy (non-hydrogen) atoms. The van der Waals surface area contributed by atoms with Crippen molar-refractivity contribution in [2.24, 2.45) is 11.7 Å². The van der Waals surface area contributed by atoms with E-state index in [0.717, 1.165) is 31.6 Å². The molecule has 0 bridgehead atoms. The van der Waals surface area contributed by atoms with E-state index in [1.807, 2.05) is 26.0 Å². The summed E-state index contributed by atoms with van der Waals surface area (Å²) in [5.74, 6) is 0.565. The fourth-order valence-corrected chi connectivity index (χ4v) is 2.20. The van der Waals surface area contributed by atoms with Gasteiger partial charge in [-0.3, -0.25) is 4.79 Å². The molecule has 1 aliphatic rings. The Morgan fingerprint density at radius 2 is 2.23 bits per heavy atom. The number of nitrogens with one attached hydrogen (secondary N) is 1. The minimum atomic E-state index is -0.486. The normalized spacial score (nSPS) is 17.3. The Bertz CT molecular complexity index is 487. The number of carbonyl (C=O) groups is 1. The van der Waals surface area contributed by atoms with Gasteiger partial charge in [-0.15, -0.1) is 0 Å². The molecule has 6 nitrogen and oxygen atoms in total. The Labute approximate surface area is 131 Å². The fourth-order valence-electron chi connectivity index (χ4n) is 2.20. The van der Waals surface area contributed by atoms with E-state index in [1.165, 1.54) is 0 Å². The number of hydrogen-bond acceptors (Lipinski definition) is 5. The van der Waals surface area contributed by atoms with E-state index in [2.05, 4.69) is 10.3 Å². The number of nitrogens with two attached hydrogens (primary N) is 1. The SMILES string of the molecule is CC(C)[C@H](N)C(=O)NCc1ccnc(OC2CCOCC2)c1. The summed E-state index contributed by atoms with van der Waals surface area (Å²) in [6.07, 6.45) is 3.61. The second-order valence-electron chi connectivity index (χ2n) is 5.92. The van der Waals surface area contributed by atoms with Gasteiger partial charge in [0.2, 0.25) is 11.8 Å². The molecule has 0 spiro atoms. The summed E-state index contributed by atoms with van der Waals surface area (Å²) >= 11 is 0. The zero-order chi connectivity index (χ0) is 15.9. The van der Waals surface area contributed by atoms with Crippen LogP contribution in [0.25, 0.3) is 0 Å². The summed E-state index contributed by atoms with van der Waals surface area (Å²) in [7, 11) is 0. The van der Waals surface area contributed by atoms with Gasteiger partial charge in [-0.1, -0.05) is 13.8 Å². The highest BCUT2D eigenvalue weighted by Crippen LogP contribution is 2.16. The van der Waals surface area contributed by atoms with Crippen molar-refractivity contribution in [3.63, 3.8) is 0 Å². The second-order valence-corrected chi connectivity index (χ2v) is 5.92. The summed E-state index contributed by atoms with van der Waals surface area (Å²) in [6, 6.07) is 3.23. The quantitative estimate of drug-likeness (QED) is 0.826. The van der Waals surface area contributed by atoms with Gasteiger partial charge < -0.3 is 20.5 Å². The van der Waals surface area contributed by atoms with E-state index < -0.39 is 6.04 Å². The van der Waals surface area contributed by atoms with Crippen molar-refractivity contribution in [3.8, 4) is 5.88 Å². The minimum Gasteiger partial charge on any atom is -0.474 e. The third-order valence-corrected chi connectivity index (χ3v) is 3.74. The molecule has 0 radical (unpaired) electrons. The lowest BCUT2D eigenvalue weighted by atomic mass is 10.1. The largest absolute Gasteiger partial charge is 0.474 e. The number of carbonyl (C=O) groups excluding carboxylic acids is 1. The maximum atomic E-state index is 11.9. The van der Waals surface area contributed by atoms with E-state index in [4.69, 9.17) is 15.2 Å². The second kappa shape index (κ2) is 8.10. The highest BCUT2D eigenvalue weighted by atomic mass is 16.5. The van der Waals surface area contributed by atoms with Gasteiger partial charge in [-0.25, -0.2) is 4.98 Å². The van der Waals surface area contributed by atoms with Crippen LogP contribution < -0.4 is 15.8 Å². The molecule has 2 heterocycles. The molecule has 0 aliphatic carbocycles. The highest BCUT2D eigenvalue weighted by Gasteiger charge is 2.17. The monoisotopic (exact) mass is 307 g/mol. The van der Waals surface area contributed by atoms with Crippen LogP contribution in [0.4, 0.5) is 0 Å². The first-order chi connectivity index (χ1) is 10.6. The molecule has 1 aliphatic heterocycles. The number of pyridine rings is 1. The van der Waals surface area contributed by atoms with Gasteiger partial charge in [0.1, 0.15) is 6.10 Å². The number of nitrogens with zero attached hydrogens (tertiary/aromatic N) is 1. The lowest BCUT2D eigenvalue weighted by Crippen LogP contribution is -2.43. The van der Waals surface area contributed by atoms with Crippen molar-refractivity contribution in [1.82, 2.24) is 10.3 Å². The lowest BCUT2D eigenvalue weighted by Gasteiger charge is -2.22. The predicted molar refractivity (Wildman–Crippen MR) is 83.4 cm³/mol. The molecule has 1 aromatic rings. The molecule has 1 fully saturated rings. The van der Waals surface area contributed by atoms with E-state index in [-0.39, 0.29) is 17.9 Å². The molecule has 6 heteroatoms. The number of rotatable bonds is 6. The number of ether oxygens (including phenoxy) is 2. The third-order valence-electron chi connectivity index (χ3n) is 3.74. The number of amides is 1. The van der Waals surface area contributed by atoms with Gasteiger partial charge in [0.25, 0.3) is 0 Å². The number of aromatic nitrogens is 1. The van der Waals surface area contributed by atoms with Crippen LogP contribution in [0.15, 0.2) is 18.3 Å². The first-order valence-electron chi connectivity index (χ1n) is 7.79. The lowest BCUT2D eigenvalue weighted by molar-refractivity contribution is -0.123. The van der Waals surface area contributed by atoms with E-state index in [9.17, 15) is 4.79 Å². The molecule has 3 N–H and O–H groups in total. The standard InChI is InChI=1S/C16H25N3O3/c1-11(2)15(17)16(20)19-10-12-3-6-18-14(9-12)22-13-4-7-21-8-5-13/h3,6,9,11,13,15H,4-5,7-8,10,17H2,1-2H3,(H,19,20)/t15-/m0/s1. The van der Waals surface area contributed by atoms with Crippen LogP contribution >= 0.6 is 0 Å². The van der Waals surface area contributed by atoms with Crippen LogP contribution in [0.1, 0.15) is 32.3 Å². The van der Waals surface area contributed by atoms with Gasteiger partial charge in [-0.2, -0.15) is 0 Å². The summed E-state index contributed by atoms with van der Waals surface area (Å²) in [5, 5.41) is 2.84. The average molecular weight is 307 g/mol. The smallest absolute Gasteiger partial charge is 0.237 e. The van der Waals surface area contributed by atoms with E-state index in [0.29, 0.717) is 12.4 Å². The fraction of sp³-hybridized carbons (Fsp3) is 0.625. The zero-order valence-electron chi connectivity index (χ0n) is 13.2. The summed E-state index contributed by atoms with van der Waals surface area (Å²) in [5.41, 5.74) is 6.76. The first-order valence-corrected chi connectivity index (χ1v) is 7.79. The molecule has 2 rings (SSSR count). The molecule has 0 saturated carbocycles. The van der Waals surface area contributed by atoms with Crippen LogP contribution in [0.3, 0.4) is 0 Å². The van der Waals surface area contributed by atoms with Crippen molar-refractivity contribution in [2.75, 3.05) is 13.2 Å². The minimum absolute atomic E-state index is 0.116. The molecule has 1 atom stereocenters. The zero-order valence-corrected chi connectivity index (χ0v) is 13.2. The Morgan fingerprint density at radius 1 is 1.50 bits per heavy atom. The number of hydrogen-bond donors (Lipinski definition) is 2. The van der Waals surface area contributed by atoms with E-state index in [1.54, 1.807) is 6.20 Å². The Kier molecular flexibility index (Phi) is 6.15. The summed E-state index contributed by atoms with van der Waals surface area (Å²) in [6.45, 7) is 5.74. The molecule has 0 unspecified atom stereocenters. The summed E-state index contributed by atoms with van der Waals surface area (Å²) in [4.78, 5) is 16.1. The van der Waals surface area contributed by atoms with Crippen LogP contribution in [0, 0.1) is 5.92 Å². The molecule has 0 aromatic carbocycles. The van der Waals surface area contributed by atoms with Gasteiger partial charge in [0, 0.05) is 31.6 Å². The Morgan fingerprint density at radius 3 is 2.91 bits per heavy atom. The van der Waals surface area contributed by atoms with Crippen molar-refractivity contribution in [3.05, 3.63) is 23.9 Å². The van der Waals surface area contributed by atoms with Crippen molar-refractivity contribution in [2.45, 2.75) is 45.4 Å². The molecular weight excluding hydrogens is 282 g/mol. The van der Waals surface area contributed by atoms with Gasteiger partial charge in [0.15, 0.2) is 0 Å². The molecule has 122 valence electrons.